The molecule has 1 aliphatic heterocycles. The smallest absolute Gasteiger partial charge is 0.106 e. The van der Waals surface area contributed by atoms with Gasteiger partial charge in [0, 0.05) is 6.42 Å². The molecule has 0 aromatic heterocycles. The van der Waals surface area contributed by atoms with Crippen molar-refractivity contribution in [2.24, 2.45) is 5.92 Å². The van der Waals surface area contributed by atoms with Gasteiger partial charge in [-0.1, -0.05) is 84.9 Å². The molecule has 1 aliphatic carbocycles. The fraction of sp³-hybridized carbons (Fsp3) is 0.333. The van der Waals surface area contributed by atoms with Gasteiger partial charge in [0.1, 0.15) is 5.60 Å². The first-order chi connectivity index (χ1) is 14.8. The number of hydrogen-bond donors (Lipinski definition) is 0. The Morgan fingerprint density at radius 2 is 1.26 bits per heavy atom. The van der Waals surface area contributed by atoms with Crippen molar-refractivity contribution in [2.45, 2.75) is 44.1 Å². The van der Waals surface area contributed by atoms with Crippen LogP contribution in [-0.4, -0.2) is 12.2 Å². The van der Waals surface area contributed by atoms with E-state index in [-0.39, 0.29) is 29.6 Å². The highest BCUT2D eigenvalue weighted by Crippen LogP contribution is 2.41. The van der Waals surface area contributed by atoms with Gasteiger partial charge in [-0.3, -0.25) is 0 Å². The standard InChI is InChI=1S/C27H29O2P.HI/c1-3-7-24(8-4-1)30(25-9-5-2-6-10-25)26-13-11-22(12-14-26)21-23-15-17-27(18-16-23)19-20-28-29-27;/h1-14,23H,15-21H2;1H. The van der Waals surface area contributed by atoms with Crippen LogP contribution in [0.1, 0.15) is 37.7 Å². The van der Waals surface area contributed by atoms with E-state index in [4.69, 9.17) is 9.78 Å². The predicted octanol–water partition coefficient (Wildman–Crippen LogP) is 5.89. The van der Waals surface area contributed by atoms with Crippen molar-refractivity contribution in [2.75, 3.05) is 6.61 Å². The van der Waals surface area contributed by atoms with Crippen molar-refractivity contribution >= 4 is 47.8 Å². The lowest BCUT2D eigenvalue weighted by molar-refractivity contribution is -0.315. The molecule has 0 bridgehead atoms. The molecule has 1 saturated carbocycles. The summed E-state index contributed by atoms with van der Waals surface area (Å²) in [6.45, 7) is 0.762. The highest BCUT2D eigenvalue weighted by molar-refractivity contribution is 14.0. The SMILES string of the molecule is I.c1ccc(P(c2ccccc2)c2ccc(CC3CCC4(CCOO4)CC3)cc2)cc1. The van der Waals surface area contributed by atoms with Crippen molar-refractivity contribution < 1.29 is 9.78 Å². The van der Waals surface area contributed by atoms with Gasteiger partial charge in [-0.15, -0.1) is 24.0 Å². The van der Waals surface area contributed by atoms with Crippen LogP contribution >= 0.6 is 31.9 Å². The first kappa shape index (κ1) is 22.9. The first-order valence-electron chi connectivity index (χ1n) is 11.1. The van der Waals surface area contributed by atoms with Gasteiger partial charge >= 0.3 is 0 Å². The van der Waals surface area contributed by atoms with Crippen molar-refractivity contribution in [3.63, 3.8) is 0 Å². The normalized spacial score (nSPS) is 23.1. The van der Waals surface area contributed by atoms with E-state index in [1.165, 1.54) is 40.7 Å². The van der Waals surface area contributed by atoms with Gasteiger partial charge in [-0.2, -0.15) is 0 Å². The summed E-state index contributed by atoms with van der Waals surface area (Å²) in [4.78, 5) is 10.8. The van der Waals surface area contributed by atoms with Crippen LogP contribution in [0, 0.1) is 5.92 Å². The second-order valence-corrected chi connectivity index (χ2v) is 10.9. The van der Waals surface area contributed by atoms with Crippen LogP contribution in [0.5, 0.6) is 0 Å². The number of rotatable bonds is 5. The van der Waals surface area contributed by atoms with Gasteiger partial charge in [-0.05, 0) is 67.4 Å². The lowest BCUT2D eigenvalue weighted by Crippen LogP contribution is -2.33. The maximum Gasteiger partial charge on any atom is 0.106 e. The lowest BCUT2D eigenvalue weighted by atomic mass is 9.75. The zero-order valence-corrected chi connectivity index (χ0v) is 21.0. The average Bonchev–Trinajstić information content (AvgIpc) is 3.26. The van der Waals surface area contributed by atoms with Crippen LogP contribution in [0.4, 0.5) is 0 Å². The summed E-state index contributed by atoms with van der Waals surface area (Å²) >= 11 is 0. The van der Waals surface area contributed by atoms with E-state index in [1.54, 1.807) is 0 Å². The van der Waals surface area contributed by atoms with Crippen LogP contribution in [0.15, 0.2) is 84.9 Å². The zero-order valence-electron chi connectivity index (χ0n) is 17.8. The highest BCUT2D eigenvalue weighted by Gasteiger charge is 2.40. The third-order valence-electron chi connectivity index (χ3n) is 6.64. The summed E-state index contributed by atoms with van der Waals surface area (Å²) < 4.78 is 0. The maximum absolute atomic E-state index is 5.61. The van der Waals surface area contributed by atoms with Crippen molar-refractivity contribution in [3.05, 3.63) is 90.5 Å². The predicted molar refractivity (Wildman–Crippen MR) is 141 cm³/mol. The summed E-state index contributed by atoms with van der Waals surface area (Å²) in [6, 6.07) is 31.3. The largest absolute Gasteiger partial charge is 0.236 e. The second kappa shape index (κ2) is 10.6. The lowest BCUT2D eigenvalue weighted by Gasteiger charge is -2.34. The molecular formula is C27H30IO2P. The Balaban J connectivity index is 0.00000231. The summed E-state index contributed by atoms with van der Waals surface area (Å²) in [5, 5.41) is 4.23. The summed E-state index contributed by atoms with van der Waals surface area (Å²) in [7, 11) is -0.519. The Morgan fingerprint density at radius 1 is 0.710 bits per heavy atom. The van der Waals surface area contributed by atoms with E-state index in [2.05, 4.69) is 84.9 Å². The zero-order chi connectivity index (χ0) is 20.2. The molecule has 0 radical (unpaired) electrons. The van der Waals surface area contributed by atoms with Crippen molar-refractivity contribution in [1.82, 2.24) is 0 Å². The molecule has 5 rings (SSSR count). The molecule has 1 heterocycles. The number of hydrogen-bond acceptors (Lipinski definition) is 2. The number of halogens is 1. The first-order valence-corrected chi connectivity index (χ1v) is 12.5. The third-order valence-corrected chi connectivity index (χ3v) is 9.08. The van der Waals surface area contributed by atoms with Crippen LogP contribution in [0.25, 0.3) is 0 Å². The van der Waals surface area contributed by atoms with Crippen molar-refractivity contribution in [1.29, 1.82) is 0 Å². The average molecular weight is 544 g/mol. The van der Waals surface area contributed by atoms with Crippen LogP contribution in [0.2, 0.25) is 0 Å². The van der Waals surface area contributed by atoms with Crippen molar-refractivity contribution in [3.8, 4) is 0 Å². The minimum absolute atomic E-state index is 0. The Labute approximate surface area is 204 Å². The van der Waals surface area contributed by atoms with Crippen LogP contribution in [-0.2, 0) is 16.2 Å². The minimum Gasteiger partial charge on any atom is -0.236 e. The molecular weight excluding hydrogens is 514 g/mol. The van der Waals surface area contributed by atoms with E-state index >= 15 is 0 Å². The molecule has 0 unspecified atom stereocenters. The summed E-state index contributed by atoms with van der Waals surface area (Å²) in [6.07, 6.45) is 7.01. The molecule has 4 heteroatoms. The quantitative estimate of drug-likeness (QED) is 0.227. The van der Waals surface area contributed by atoms with Gasteiger partial charge in [0.15, 0.2) is 0 Å². The molecule has 2 nitrogen and oxygen atoms in total. The molecule has 2 fully saturated rings. The van der Waals surface area contributed by atoms with Gasteiger partial charge in [0.05, 0.1) is 6.61 Å². The van der Waals surface area contributed by atoms with Gasteiger partial charge < -0.3 is 0 Å². The molecule has 0 N–H and O–H groups in total. The molecule has 0 atom stereocenters. The van der Waals surface area contributed by atoms with Gasteiger partial charge in [-0.25, -0.2) is 9.78 Å². The van der Waals surface area contributed by atoms with E-state index in [9.17, 15) is 0 Å². The molecule has 31 heavy (non-hydrogen) atoms. The highest BCUT2D eigenvalue weighted by atomic mass is 127. The molecule has 162 valence electrons. The fourth-order valence-electron chi connectivity index (χ4n) is 4.89. The molecule has 1 saturated heterocycles. The summed E-state index contributed by atoms with van der Waals surface area (Å²) in [5.74, 6) is 0.760. The Kier molecular flexibility index (Phi) is 7.81. The van der Waals surface area contributed by atoms with Gasteiger partial charge in [0.2, 0.25) is 0 Å². The fourth-order valence-corrected chi connectivity index (χ4v) is 7.18. The van der Waals surface area contributed by atoms with E-state index in [0.717, 1.165) is 31.8 Å². The van der Waals surface area contributed by atoms with E-state index in [1.807, 2.05) is 0 Å². The maximum atomic E-state index is 5.61. The van der Waals surface area contributed by atoms with E-state index in [0.29, 0.717) is 0 Å². The third kappa shape index (κ3) is 5.39. The second-order valence-electron chi connectivity index (χ2n) is 8.66. The minimum atomic E-state index is -0.519. The number of benzene rings is 3. The molecule has 2 aliphatic rings. The molecule has 3 aromatic rings. The summed E-state index contributed by atoms with van der Waals surface area (Å²) in [5.41, 5.74) is 1.49. The molecule has 0 amide bonds. The van der Waals surface area contributed by atoms with Crippen LogP contribution < -0.4 is 15.9 Å². The van der Waals surface area contributed by atoms with Crippen LogP contribution in [0.3, 0.4) is 0 Å². The monoisotopic (exact) mass is 544 g/mol. The molecule has 1 spiro atoms. The topological polar surface area (TPSA) is 18.5 Å². The van der Waals surface area contributed by atoms with Gasteiger partial charge in [0.25, 0.3) is 0 Å². The molecule has 3 aromatic carbocycles. The Morgan fingerprint density at radius 3 is 1.77 bits per heavy atom. The van der Waals surface area contributed by atoms with E-state index < -0.39 is 7.92 Å². The Hall–Kier alpha value is -1.26. The Bertz CT molecular complexity index is 890.